The highest BCUT2D eigenvalue weighted by Crippen LogP contribution is 2.35. The van der Waals surface area contributed by atoms with Crippen LogP contribution >= 0.6 is 0 Å². The molecule has 0 spiro atoms. The van der Waals surface area contributed by atoms with Gasteiger partial charge in [-0.2, -0.15) is 0 Å². The molecule has 2 aromatic rings. The topological polar surface area (TPSA) is 79.5 Å². The summed E-state index contributed by atoms with van der Waals surface area (Å²) in [6, 6.07) is 4.12. The van der Waals surface area contributed by atoms with E-state index in [9.17, 15) is 4.79 Å². The van der Waals surface area contributed by atoms with Crippen LogP contribution in [0.25, 0.3) is 11.0 Å². The number of imidazole rings is 1. The van der Waals surface area contributed by atoms with E-state index < -0.39 is 6.09 Å². The van der Waals surface area contributed by atoms with Crippen LogP contribution in [-0.4, -0.2) is 49.0 Å². The SMILES string of the molecule is CCCN(CCC)c1cc2nc(C3CCCCC3)[nH]c2cc1NC(=O)OCCOCC. The molecule has 7 heteroatoms. The molecule has 1 amide bonds. The van der Waals surface area contributed by atoms with Crippen molar-refractivity contribution in [3.8, 4) is 0 Å². The Balaban J connectivity index is 1.87. The molecular formula is C24H38N4O3. The minimum absolute atomic E-state index is 0.237. The first-order chi connectivity index (χ1) is 15.2. The summed E-state index contributed by atoms with van der Waals surface area (Å²) in [7, 11) is 0. The van der Waals surface area contributed by atoms with Gasteiger partial charge in [0.05, 0.1) is 29.0 Å². The number of carbonyl (C=O) groups is 1. The van der Waals surface area contributed by atoms with E-state index in [1.807, 2.05) is 13.0 Å². The summed E-state index contributed by atoms with van der Waals surface area (Å²) in [5, 5.41) is 2.96. The largest absolute Gasteiger partial charge is 0.447 e. The minimum atomic E-state index is -0.458. The van der Waals surface area contributed by atoms with E-state index in [4.69, 9.17) is 14.5 Å². The molecule has 1 heterocycles. The van der Waals surface area contributed by atoms with E-state index >= 15 is 0 Å². The Bertz CT molecular complexity index is 824. The molecule has 1 aliphatic rings. The molecule has 2 N–H and O–H groups in total. The van der Waals surface area contributed by atoms with Crippen LogP contribution in [0.3, 0.4) is 0 Å². The van der Waals surface area contributed by atoms with Crippen LogP contribution in [0.2, 0.25) is 0 Å². The van der Waals surface area contributed by atoms with Crippen molar-refractivity contribution in [1.82, 2.24) is 9.97 Å². The number of benzene rings is 1. The number of nitrogens with zero attached hydrogens (tertiary/aromatic N) is 2. The second-order valence-corrected chi connectivity index (χ2v) is 8.29. The molecular weight excluding hydrogens is 392 g/mol. The number of amides is 1. The molecule has 7 nitrogen and oxygen atoms in total. The van der Waals surface area contributed by atoms with Gasteiger partial charge in [0.25, 0.3) is 0 Å². The quantitative estimate of drug-likeness (QED) is 0.439. The molecule has 0 radical (unpaired) electrons. The van der Waals surface area contributed by atoms with Gasteiger partial charge in [0.2, 0.25) is 0 Å². The average molecular weight is 431 g/mol. The van der Waals surface area contributed by atoms with E-state index in [-0.39, 0.29) is 6.61 Å². The molecule has 0 aliphatic heterocycles. The molecule has 1 aromatic heterocycles. The molecule has 0 saturated heterocycles. The minimum Gasteiger partial charge on any atom is -0.447 e. The van der Waals surface area contributed by atoms with Gasteiger partial charge in [-0.3, -0.25) is 5.32 Å². The number of aromatic amines is 1. The number of H-pyrrole nitrogens is 1. The number of nitrogens with one attached hydrogen (secondary N) is 2. The van der Waals surface area contributed by atoms with Crippen LogP contribution in [0.4, 0.5) is 16.2 Å². The summed E-state index contributed by atoms with van der Waals surface area (Å²) in [4.78, 5) is 23.2. The van der Waals surface area contributed by atoms with Crippen molar-refractivity contribution in [1.29, 1.82) is 0 Å². The van der Waals surface area contributed by atoms with Gasteiger partial charge in [-0.1, -0.05) is 33.1 Å². The Morgan fingerprint density at radius 2 is 1.87 bits per heavy atom. The van der Waals surface area contributed by atoms with Crippen LogP contribution in [0.1, 0.15) is 77.5 Å². The highest BCUT2D eigenvalue weighted by molar-refractivity contribution is 5.95. The van der Waals surface area contributed by atoms with E-state index in [1.54, 1.807) is 0 Å². The van der Waals surface area contributed by atoms with Crippen LogP contribution < -0.4 is 10.2 Å². The van der Waals surface area contributed by atoms with Crippen LogP contribution in [0, 0.1) is 0 Å². The molecule has 1 saturated carbocycles. The van der Waals surface area contributed by atoms with E-state index in [0.717, 1.165) is 54.2 Å². The number of anilines is 2. The Labute approximate surface area is 185 Å². The Hall–Kier alpha value is -2.28. The molecule has 0 atom stereocenters. The molecule has 172 valence electrons. The monoisotopic (exact) mass is 430 g/mol. The third-order valence-corrected chi connectivity index (χ3v) is 5.84. The second-order valence-electron chi connectivity index (χ2n) is 8.29. The second kappa shape index (κ2) is 11.9. The molecule has 3 rings (SSSR count). The lowest BCUT2D eigenvalue weighted by molar-refractivity contribution is 0.0850. The van der Waals surface area contributed by atoms with Gasteiger partial charge >= 0.3 is 6.09 Å². The molecule has 31 heavy (non-hydrogen) atoms. The summed E-state index contributed by atoms with van der Waals surface area (Å²) in [5.74, 6) is 1.58. The van der Waals surface area contributed by atoms with Crippen molar-refractivity contribution in [2.45, 2.75) is 71.6 Å². The van der Waals surface area contributed by atoms with Crippen molar-refractivity contribution in [2.75, 3.05) is 43.1 Å². The number of aromatic nitrogens is 2. The van der Waals surface area contributed by atoms with Gasteiger partial charge in [-0.15, -0.1) is 0 Å². The first-order valence-corrected chi connectivity index (χ1v) is 12.0. The Morgan fingerprint density at radius 3 is 2.55 bits per heavy atom. The predicted molar refractivity (Wildman–Crippen MR) is 126 cm³/mol. The van der Waals surface area contributed by atoms with Crippen molar-refractivity contribution in [2.24, 2.45) is 0 Å². The fourth-order valence-electron chi connectivity index (χ4n) is 4.37. The number of carbonyl (C=O) groups excluding carboxylic acids is 1. The van der Waals surface area contributed by atoms with Crippen molar-refractivity contribution < 1.29 is 14.3 Å². The van der Waals surface area contributed by atoms with Gasteiger partial charge in [0, 0.05) is 25.6 Å². The molecule has 1 aromatic carbocycles. The lowest BCUT2D eigenvalue weighted by Gasteiger charge is -2.26. The van der Waals surface area contributed by atoms with Crippen molar-refractivity contribution >= 4 is 28.5 Å². The van der Waals surface area contributed by atoms with Gasteiger partial charge in [-0.25, -0.2) is 9.78 Å². The van der Waals surface area contributed by atoms with Gasteiger partial charge in [-0.05, 0) is 44.7 Å². The van der Waals surface area contributed by atoms with Crippen molar-refractivity contribution in [3.63, 3.8) is 0 Å². The van der Waals surface area contributed by atoms with Gasteiger partial charge in [0.15, 0.2) is 0 Å². The third-order valence-electron chi connectivity index (χ3n) is 5.84. The number of rotatable bonds is 11. The normalized spacial score (nSPS) is 14.7. The number of hydrogen-bond donors (Lipinski definition) is 2. The number of ether oxygens (including phenoxy) is 2. The lowest BCUT2D eigenvalue weighted by atomic mass is 9.89. The van der Waals surface area contributed by atoms with Crippen molar-refractivity contribution in [3.05, 3.63) is 18.0 Å². The lowest BCUT2D eigenvalue weighted by Crippen LogP contribution is -2.27. The average Bonchev–Trinajstić information content (AvgIpc) is 3.20. The summed E-state index contributed by atoms with van der Waals surface area (Å²) in [6.07, 6.45) is 7.86. The predicted octanol–water partition coefficient (Wildman–Crippen LogP) is 5.82. The highest BCUT2D eigenvalue weighted by atomic mass is 16.6. The number of hydrogen-bond acceptors (Lipinski definition) is 5. The molecule has 0 unspecified atom stereocenters. The van der Waals surface area contributed by atoms with Crippen LogP contribution in [-0.2, 0) is 9.47 Å². The third kappa shape index (κ3) is 6.35. The standard InChI is InChI=1S/C24H38N4O3/c1-4-12-28(13-5-2)22-17-20-19(25-23(26-20)18-10-8-7-9-11-18)16-21(22)27-24(29)31-15-14-30-6-3/h16-18H,4-15H2,1-3H3,(H,25,26)(H,27,29). The maximum absolute atomic E-state index is 12.4. The summed E-state index contributed by atoms with van der Waals surface area (Å²) in [6.45, 7) is 9.36. The first-order valence-electron chi connectivity index (χ1n) is 12.0. The van der Waals surface area contributed by atoms with Gasteiger partial charge in [0.1, 0.15) is 12.4 Å². The summed E-state index contributed by atoms with van der Waals surface area (Å²) in [5.41, 5.74) is 3.68. The van der Waals surface area contributed by atoms with E-state index in [0.29, 0.717) is 19.1 Å². The fraction of sp³-hybridized carbons (Fsp3) is 0.667. The zero-order valence-corrected chi connectivity index (χ0v) is 19.3. The number of fused-ring (bicyclic) bond motifs is 1. The zero-order valence-electron chi connectivity index (χ0n) is 19.3. The highest BCUT2D eigenvalue weighted by Gasteiger charge is 2.21. The summed E-state index contributed by atoms with van der Waals surface area (Å²) >= 11 is 0. The Kier molecular flexibility index (Phi) is 9.00. The van der Waals surface area contributed by atoms with E-state index in [1.165, 1.54) is 32.1 Å². The maximum Gasteiger partial charge on any atom is 0.411 e. The smallest absolute Gasteiger partial charge is 0.411 e. The zero-order chi connectivity index (χ0) is 22.1. The summed E-state index contributed by atoms with van der Waals surface area (Å²) < 4.78 is 10.5. The molecule has 1 aliphatic carbocycles. The molecule has 1 fully saturated rings. The fourth-order valence-corrected chi connectivity index (χ4v) is 4.37. The Morgan fingerprint density at radius 1 is 1.13 bits per heavy atom. The maximum atomic E-state index is 12.4. The van der Waals surface area contributed by atoms with E-state index in [2.05, 4.69) is 35.1 Å². The van der Waals surface area contributed by atoms with Crippen LogP contribution in [0.15, 0.2) is 12.1 Å². The first kappa shape index (κ1) is 23.4. The van der Waals surface area contributed by atoms with Crippen LogP contribution in [0.5, 0.6) is 0 Å². The van der Waals surface area contributed by atoms with Gasteiger partial charge < -0.3 is 19.4 Å². The molecule has 0 bridgehead atoms.